The zero-order valence-corrected chi connectivity index (χ0v) is 16.8. The molecule has 1 unspecified atom stereocenters. The van der Waals surface area contributed by atoms with Gasteiger partial charge >= 0.3 is 0 Å². The average molecular weight is 398 g/mol. The normalized spacial score (nSPS) is 15.5. The van der Waals surface area contributed by atoms with Gasteiger partial charge in [-0.1, -0.05) is 0 Å². The maximum absolute atomic E-state index is 12.0. The van der Waals surface area contributed by atoms with Crippen LogP contribution in [0.3, 0.4) is 0 Å². The van der Waals surface area contributed by atoms with Gasteiger partial charge in [0.15, 0.2) is 11.6 Å². The van der Waals surface area contributed by atoms with Crippen molar-refractivity contribution in [2.45, 2.75) is 38.3 Å². The summed E-state index contributed by atoms with van der Waals surface area (Å²) in [5.74, 6) is 1.27. The molecule has 0 radical (unpaired) electrons. The quantitative estimate of drug-likeness (QED) is 0.556. The van der Waals surface area contributed by atoms with Crippen LogP contribution in [0.25, 0.3) is 16.8 Å². The van der Waals surface area contributed by atoms with Gasteiger partial charge in [0.1, 0.15) is 12.3 Å². The van der Waals surface area contributed by atoms with Gasteiger partial charge in [-0.15, -0.1) is 0 Å². The van der Waals surface area contributed by atoms with Gasteiger partial charge in [0, 0.05) is 30.8 Å². The Morgan fingerprint density at radius 3 is 2.90 bits per heavy atom. The fraction of sp³-hybridized carbons (Fsp3) is 0.450. The molecule has 1 aliphatic carbocycles. The number of amides is 1. The standard InChI is InChI=1S/C20H26N6O3/c1-20(2,28)16(21)11-29-15-10-22-25(3)18(15)13-6-7-26-14(8-13)9-17(24-26)23-19(27)12-4-5-12/h6-10,12,16,28H,4-5,11,21H2,1-3H3,(H,23,24,27). The van der Waals surface area contributed by atoms with Crippen molar-refractivity contribution in [2.75, 3.05) is 11.9 Å². The van der Waals surface area contributed by atoms with E-state index in [1.165, 1.54) is 0 Å². The molecule has 0 aliphatic heterocycles. The van der Waals surface area contributed by atoms with Crippen molar-refractivity contribution in [1.82, 2.24) is 19.4 Å². The monoisotopic (exact) mass is 398 g/mol. The van der Waals surface area contributed by atoms with Crippen molar-refractivity contribution in [3.8, 4) is 17.0 Å². The Morgan fingerprint density at radius 2 is 2.21 bits per heavy atom. The summed E-state index contributed by atoms with van der Waals surface area (Å²) in [5, 5.41) is 21.6. The number of rotatable bonds is 7. The summed E-state index contributed by atoms with van der Waals surface area (Å²) in [7, 11) is 1.83. The van der Waals surface area contributed by atoms with Crippen molar-refractivity contribution in [1.29, 1.82) is 0 Å². The maximum Gasteiger partial charge on any atom is 0.228 e. The molecule has 3 aromatic rings. The number of pyridine rings is 1. The number of aliphatic hydroxyl groups is 1. The Balaban J connectivity index is 1.57. The predicted molar refractivity (Wildman–Crippen MR) is 109 cm³/mol. The number of aryl methyl sites for hydroxylation is 1. The van der Waals surface area contributed by atoms with Crippen LogP contribution < -0.4 is 15.8 Å². The molecule has 3 aromatic heterocycles. The van der Waals surface area contributed by atoms with Crippen molar-refractivity contribution >= 4 is 17.2 Å². The van der Waals surface area contributed by atoms with Crippen LogP contribution in [0.15, 0.2) is 30.6 Å². The molecule has 154 valence electrons. The highest BCUT2D eigenvalue weighted by Crippen LogP contribution is 2.32. The molecule has 9 heteroatoms. The zero-order chi connectivity index (χ0) is 20.8. The van der Waals surface area contributed by atoms with E-state index in [0.29, 0.717) is 11.6 Å². The highest BCUT2D eigenvalue weighted by Gasteiger charge is 2.30. The highest BCUT2D eigenvalue weighted by molar-refractivity contribution is 5.93. The SMILES string of the molecule is Cn1ncc(OCC(N)C(C)(C)O)c1-c1ccn2nc(NC(=O)C3CC3)cc2c1. The second-order valence-corrected chi connectivity index (χ2v) is 8.13. The second-order valence-electron chi connectivity index (χ2n) is 8.13. The number of nitrogens with one attached hydrogen (secondary N) is 1. The number of nitrogens with zero attached hydrogens (tertiary/aromatic N) is 4. The molecule has 1 saturated carbocycles. The first-order valence-corrected chi connectivity index (χ1v) is 9.66. The zero-order valence-electron chi connectivity index (χ0n) is 16.8. The summed E-state index contributed by atoms with van der Waals surface area (Å²) in [4.78, 5) is 12.0. The summed E-state index contributed by atoms with van der Waals surface area (Å²) < 4.78 is 9.30. The van der Waals surface area contributed by atoms with Crippen LogP contribution in [0, 0.1) is 5.92 Å². The summed E-state index contributed by atoms with van der Waals surface area (Å²) in [6.45, 7) is 3.46. The molecule has 4 rings (SSSR count). The molecule has 4 N–H and O–H groups in total. The summed E-state index contributed by atoms with van der Waals surface area (Å²) >= 11 is 0. The molecular weight excluding hydrogens is 372 g/mol. The molecule has 0 aromatic carbocycles. The first-order chi connectivity index (χ1) is 13.7. The minimum atomic E-state index is -1.04. The van der Waals surface area contributed by atoms with Crippen LogP contribution in [0.1, 0.15) is 26.7 Å². The first kappa shape index (κ1) is 19.4. The molecule has 1 amide bonds. The number of carbonyl (C=O) groups is 1. The molecular formula is C20H26N6O3. The van der Waals surface area contributed by atoms with E-state index in [2.05, 4.69) is 15.5 Å². The summed E-state index contributed by atoms with van der Waals surface area (Å²) in [5.41, 5.74) is 7.47. The van der Waals surface area contributed by atoms with E-state index in [1.807, 2.05) is 31.4 Å². The number of hydrogen-bond donors (Lipinski definition) is 3. The van der Waals surface area contributed by atoms with Crippen molar-refractivity contribution in [3.63, 3.8) is 0 Å². The van der Waals surface area contributed by atoms with E-state index in [4.69, 9.17) is 10.5 Å². The molecule has 3 heterocycles. The third-order valence-electron chi connectivity index (χ3n) is 5.17. The van der Waals surface area contributed by atoms with Crippen molar-refractivity contribution < 1.29 is 14.6 Å². The van der Waals surface area contributed by atoms with Crippen molar-refractivity contribution in [3.05, 3.63) is 30.6 Å². The number of aromatic nitrogens is 4. The lowest BCUT2D eigenvalue weighted by Crippen LogP contribution is -2.47. The van der Waals surface area contributed by atoms with Gasteiger partial charge in [0.2, 0.25) is 5.91 Å². The predicted octanol–water partition coefficient (Wildman–Crippen LogP) is 1.56. The number of ether oxygens (including phenoxy) is 1. The smallest absolute Gasteiger partial charge is 0.228 e. The average Bonchev–Trinajstić information content (AvgIpc) is 3.34. The van der Waals surface area contributed by atoms with E-state index in [0.717, 1.165) is 29.6 Å². The van der Waals surface area contributed by atoms with Gasteiger partial charge < -0.3 is 20.9 Å². The highest BCUT2D eigenvalue weighted by atomic mass is 16.5. The molecule has 0 bridgehead atoms. The largest absolute Gasteiger partial charge is 0.488 e. The number of anilines is 1. The van der Waals surface area contributed by atoms with Crippen LogP contribution >= 0.6 is 0 Å². The van der Waals surface area contributed by atoms with Gasteiger partial charge in [-0.3, -0.25) is 9.48 Å². The van der Waals surface area contributed by atoms with E-state index < -0.39 is 11.6 Å². The van der Waals surface area contributed by atoms with Crippen LogP contribution in [-0.4, -0.2) is 48.7 Å². The Morgan fingerprint density at radius 1 is 1.45 bits per heavy atom. The fourth-order valence-corrected chi connectivity index (χ4v) is 3.01. The van der Waals surface area contributed by atoms with Gasteiger partial charge in [0.05, 0.1) is 23.4 Å². The minimum Gasteiger partial charge on any atom is -0.488 e. The second kappa shape index (κ2) is 7.16. The Kier molecular flexibility index (Phi) is 4.79. The van der Waals surface area contributed by atoms with Gasteiger partial charge in [-0.05, 0) is 38.8 Å². The lowest BCUT2D eigenvalue weighted by molar-refractivity contribution is -0.117. The topological polar surface area (TPSA) is 120 Å². The molecule has 1 atom stereocenters. The molecule has 1 fully saturated rings. The van der Waals surface area contributed by atoms with E-state index in [-0.39, 0.29) is 18.4 Å². The number of fused-ring (bicyclic) bond motifs is 1. The third-order valence-corrected chi connectivity index (χ3v) is 5.17. The van der Waals surface area contributed by atoms with Gasteiger partial charge in [-0.25, -0.2) is 4.52 Å². The summed E-state index contributed by atoms with van der Waals surface area (Å²) in [6.07, 6.45) is 5.36. The maximum atomic E-state index is 12.0. The fourth-order valence-electron chi connectivity index (χ4n) is 3.01. The lowest BCUT2D eigenvalue weighted by atomic mass is 10.0. The van der Waals surface area contributed by atoms with E-state index >= 15 is 0 Å². The third kappa shape index (κ3) is 4.10. The Hall–Kier alpha value is -2.91. The molecule has 0 saturated heterocycles. The van der Waals surface area contributed by atoms with Crippen molar-refractivity contribution in [2.24, 2.45) is 18.7 Å². The van der Waals surface area contributed by atoms with E-state index in [1.54, 1.807) is 29.2 Å². The lowest BCUT2D eigenvalue weighted by Gasteiger charge is -2.25. The van der Waals surface area contributed by atoms with E-state index in [9.17, 15) is 9.90 Å². The Bertz CT molecular complexity index is 1040. The molecule has 9 nitrogen and oxygen atoms in total. The first-order valence-electron chi connectivity index (χ1n) is 9.66. The number of carbonyl (C=O) groups excluding carboxylic acids is 1. The summed E-state index contributed by atoms with van der Waals surface area (Å²) in [6, 6.07) is 5.17. The van der Waals surface area contributed by atoms with Gasteiger partial charge in [0.25, 0.3) is 0 Å². The minimum absolute atomic E-state index is 0.0269. The van der Waals surface area contributed by atoms with Crippen LogP contribution in [0.4, 0.5) is 5.82 Å². The molecule has 29 heavy (non-hydrogen) atoms. The molecule has 0 spiro atoms. The number of nitrogens with two attached hydrogens (primary N) is 1. The van der Waals surface area contributed by atoms with Gasteiger partial charge in [-0.2, -0.15) is 10.2 Å². The molecule has 1 aliphatic rings. The number of hydrogen-bond acceptors (Lipinski definition) is 6. The van der Waals surface area contributed by atoms with Crippen LogP contribution in [-0.2, 0) is 11.8 Å². The van der Waals surface area contributed by atoms with Crippen LogP contribution in [0.5, 0.6) is 5.75 Å². The Labute approximate surface area is 168 Å². The van der Waals surface area contributed by atoms with Crippen LogP contribution in [0.2, 0.25) is 0 Å².